The molecule has 110 valence electrons. The molecule has 6 heteroatoms. The molecule has 0 aromatic heterocycles. The molecule has 0 bridgehead atoms. The Bertz CT molecular complexity index is 575. The number of aliphatic carboxylic acids is 1. The highest BCUT2D eigenvalue weighted by molar-refractivity contribution is 8.00. The van der Waals surface area contributed by atoms with E-state index in [0.717, 1.165) is 22.8 Å². The normalized spacial score (nSPS) is 24.4. The maximum Gasteiger partial charge on any atom is 0.324 e. The van der Waals surface area contributed by atoms with Crippen molar-refractivity contribution >= 4 is 17.7 Å². The molecule has 2 aliphatic rings. The number of carboxylic acid groups (broad SMARTS) is 1. The van der Waals surface area contributed by atoms with E-state index in [4.69, 9.17) is 5.11 Å². The Balaban J connectivity index is 1.58. The molecule has 3 rings (SSSR count). The van der Waals surface area contributed by atoms with Crippen molar-refractivity contribution in [3.63, 3.8) is 0 Å². The summed E-state index contributed by atoms with van der Waals surface area (Å²) in [5.41, 5.74) is 9.24. The topological polar surface area (TPSA) is 73.4 Å². The Morgan fingerprint density at radius 2 is 2.05 bits per heavy atom. The van der Waals surface area contributed by atoms with Gasteiger partial charge in [-0.1, -0.05) is 11.8 Å². The monoisotopic (exact) mass is 303 g/mol. The number of rotatable bonds is 4. The molecule has 2 unspecified atom stereocenters. The number of thioether (sulfide) groups is 1. The van der Waals surface area contributed by atoms with E-state index >= 15 is 0 Å². The fourth-order valence-corrected chi connectivity index (χ4v) is 3.05. The SMILES string of the molecule is O=C(O)C1NNNC1Sc1ccc(C#CCC2CC2)cc1. The summed E-state index contributed by atoms with van der Waals surface area (Å²) in [5.74, 6) is 6.33. The Labute approximate surface area is 127 Å². The molecule has 2 atom stereocenters. The van der Waals surface area contributed by atoms with Crippen LogP contribution in [-0.4, -0.2) is 22.5 Å². The molecule has 0 spiro atoms. The minimum atomic E-state index is -0.882. The van der Waals surface area contributed by atoms with E-state index in [1.165, 1.54) is 24.6 Å². The van der Waals surface area contributed by atoms with Gasteiger partial charge in [0.1, 0.15) is 6.04 Å². The van der Waals surface area contributed by atoms with Crippen molar-refractivity contribution in [2.75, 3.05) is 0 Å². The lowest BCUT2D eigenvalue weighted by Gasteiger charge is -2.13. The highest BCUT2D eigenvalue weighted by Crippen LogP contribution is 2.31. The van der Waals surface area contributed by atoms with Crippen LogP contribution >= 0.6 is 11.8 Å². The third kappa shape index (κ3) is 3.99. The molecule has 1 saturated carbocycles. The maximum absolute atomic E-state index is 11.1. The number of carboxylic acids is 1. The first kappa shape index (κ1) is 14.4. The Kier molecular flexibility index (Phi) is 4.46. The van der Waals surface area contributed by atoms with Crippen LogP contribution in [0.15, 0.2) is 29.2 Å². The van der Waals surface area contributed by atoms with Gasteiger partial charge in [-0.2, -0.15) is 5.53 Å². The highest BCUT2D eigenvalue weighted by Gasteiger charge is 2.33. The summed E-state index contributed by atoms with van der Waals surface area (Å²) in [6.07, 6.45) is 3.65. The van der Waals surface area contributed by atoms with Gasteiger partial charge in [0.15, 0.2) is 0 Å². The predicted molar refractivity (Wildman–Crippen MR) is 81.1 cm³/mol. The molecular weight excluding hydrogens is 286 g/mol. The van der Waals surface area contributed by atoms with Gasteiger partial charge in [-0.05, 0) is 43.0 Å². The lowest BCUT2D eigenvalue weighted by Crippen LogP contribution is -2.39. The van der Waals surface area contributed by atoms with E-state index in [1.54, 1.807) is 0 Å². The second-order valence-electron chi connectivity index (χ2n) is 5.24. The van der Waals surface area contributed by atoms with Gasteiger partial charge in [-0.25, -0.2) is 10.9 Å². The summed E-state index contributed by atoms with van der Waals surface area (Å²) in [5, 5.41) is 8.82. The van der Waals surface area contributed by atoms with Crippen LogP contribution < -0.4 is 16.4 Å². The van der Waals surface area contributed by atoms with E-state index in [9.17, 15) is 4.79 Å². The largest absolute Gasteiger partial charge is 0.480 e. The molecule has 1 heterocycles. The first-order chi connectivity index (χ1) is 10.2. The van der Waals surface area contributed by atoms with E-state index in [0.29, 0.717) is 0 Å². The fourth-order valence-electron chi connectivity index (χ4n) is 2.02. The second kappa shape index (κ2) is 6.50. The van der Waals surface area contributed by atoms with E-state index in [-0.39, 0.29) is 5.37 Å². The van der Waals surface area contributed by atoms with Crippen LogP contribution in [0.1, 0.15) is 24.8 Å². The Morgan fingerprint density at radius 3 is 2.71 bits per heavy atom. The molecule has 0 radical (unpaired) electrons. The van der Waals surface area contributed by atoms with Crippen LogP contribution in [-0.2, 0) is 4.79 Å². The zero-order valence-electron chi connectivity index (χ0n) is 11.4. The number of hydrazine groups is 2. The molecule has 1 aliphatic carbocycles. The van der Waals surface area contributed by atoms with Gasteiger partial charge >= 0.3 is 5.97 Å². The number of hydrogen-bond donors (Lipinski definition) is 4. The molecule has 0 amide bonds. The number of hydrogen-bond acceptors (Lipinski definition) is 5. The average molecular weight is 303 g/mol. The number of benzene rings is 1. The molecule has 1 saturated heterocycles. The summed E-state index contributed by atoms with van der Waals surface area (Å²) in [6, 6.07) is 7.25. The number of nitrogens with one attached hydrogen (secondary N) is 3. The van der Waals surface area contributed by atoms with Crippen molar-refractivity contribution in [3.05, 3.63) is 29.8 Å². The third-order valence-electron chi connectivity index (χ3n) is 3.45. The first-order valence-corrected chi connectivity index (χ1v) is 7.85. The Morgan fingerprint density at radius 1 is 1.29 bits per heavy atom. The zero-order chi connectivity index (χ0) is 14.7. The van der Waals surface area contributed by atoms with Crippen LogP contribution in [0.4, 0.5) is 0 Å². The van der Waals surface area contributed by atoms with Crippen LogP contribution in [0.2, 0.25) is 0 Å². The minimum absolute atomic E-state index is 0.255. The van der Waals surface area contributed by atoms with Crippen molar-refractivity contribution < 1.29 is 9.90 Å². The van der Waals surface area contributed by atoms with Crippen molar-refractivity contribution in [2.45, 2.75) is 35.6 Å². The second-order valence-corrected chi connectivity index (χ2v) is 6.46. The van der Waals surface area contributed by atoms with Crippen LogP contribution in [0.5, 0.6) is 0 Å². The summed E-state index contributed by atoms with van der Waals surface area (Å²) in [7, 11) is 0. The smallest absolute Gasteiger partial charge is 0.324 e. The van der Waals surface area contributed by atoms with Crippen molar-refractivity contribution in [3.8, 4) is 11.8 Å². The quantitative estimate of drug-likeness (QED) is 0.629. The van der Waals surface area contributed by atoms with Crippen molar-refractivity contribution in [1.29, 1.82) is 0 Å². The van der Waals surface area contributed by atoms with Gasteiger partial charge in [0.05, 0.1) is 5.37 Å². The van der Waals surface area contributed by atoms with Crippen molar-refractivity contribution in [1.82, 2.24) is 16.4 Å². The standard InChI is InChI=1S/C15H17N3O2S/c19-15(20)13-14(17-18-16-13)21-12-8-6-11(7-9-12)3-1-2-10-4-5-10/h6-10,13-14,16-18H,2,4-5H2,(H,19,20). The predicted octanol–water partition coefficient (Wildman–Crippen LogP) is 1.32. The van der Waals surface area contributed by atoms with Gasteiger partial charge in [-0.3, -0.25) is 4.79 Å². The van der Waals surface area contributed by atoms with Crippen LogP contribution in [0, 0.1) is 17.8 Å². The average Bonchev–Trinajstić information content (AvgIpc) is 3.17. The fraction of sp³-hybridized carbons (Fsp3) is 0.400. The van der Waals surface area contributed by atoms with E-state index in [1.807, 2.05) is 24.3 Å². The molecular formula is C15H17N3O2S. The summed E-state index contributed by atoms with van der Waals surface area (Å²) >= 11 is 1.47. The Hall–Kier alpha value is -1.52. The number of carbonyl (C=O) groups is 1. The van der Waals surface area contributed by atoms with Crippen LogP contribution in [0.3, 0.4) is 0 Å². The van der Waals surface area contributed by atoms with E-state index in [2.05, 4.69) is 28.2 Å². The van der Waals surface area contributed by atoms with E-state index < -0.39 is 12.0 Å². The molecule has 4 N–H and O–H groups in total. The lowest BCUT2D eigenvalue weighted by molar-refractivity contribution is -0.139. The maximum atomic E-state index is 11.1. The van der Waals surface area contributed by atoms with Gasteiger partial charge in [0.2, 0.25) is 0 Å². The molecule has 1 aromatic rings. The van der Waals surface area contributed by atoms with Crippen molar-refractivity contribution in [2.24, 2.45) is 5.92 Å². The highest BCUT2D eigenvalue weighted by atomic mass is 32.2. The van der Waals surface area contributed by atoms with Gasteiger partial charge < -0.3 is 5.11 Å². The molecule has 2 fully saturated rings. The van der Waals surface area contributed by atoms with Crippen LogP contribution in [0.25, 0.3) is 0 Å². The zero-order valence-corrected chi connectivity index (χ0v) is 12.2. The minimum Gasteiger partial charge on any atom is -0.480 e. The first-order valence-electron chi connectivity index (χ1n) is 6.97. The summed E-state index contributed by atoms with van der Waals surface area (Å²) < 4.78 is 0. The molecule has 1 aromatic carbocycles. The summed E-state index contributed by atoms with van der Waals surface area (Å²) in [4.78, 5) is 12.1. The lowest BCUT2D eigenvalue weighted by atomic mass is 10.2. The molecule has 21 heavy (non-hydrogen) atoms. The summed E-state index contributed by atoms with van der Waals surface area (Å²) in [6.45, 7) is 0. The van der Waals surface area contributed by atoms with Gasteiger partial charge in [0, 0.05) is 16.9 Å². The third-order valence-corrected chi connectivity index (χ3v) is 4.64. The van der Waals surface area contributed by atoms with Gasteiger partial charge in [-0.15, -0.1) is 11.8 Å². The van der Waals surface area contributed by atoms with Gasteiger partial charge in [0.25, 0.3) is 0 Å². The molecule has 1 aliphatic heterocycles. The molecule has 5 nitrogen and oxygen atoms in total.